The Morgan fingerprint density at radius 2 is 1.81 bits per heavy atom. The van der Waals surface area contributed by atoms with Gasteiger partial charge in [0.1, 0.15) is 5.82 Å². The number of aryl methyl sites for hydroxylation is 1. The van der Waals surface area contributed by atoms with Crippen LogP contribution in [0, 0.1) is 11.7 Å². The summed E-state index contributed by atoms with van der Waals surface area (Å²) in [6, 6.07) is 6.76. The summed E-state index contributed by atoms with van der Waals surface area (Å²) in [6.45, 7) is 8.53. The highest BCUT2D eigenvalue weighted by molar-refractivity contribution is 5.84. The van der Waals surface area contributed by atoms with Crippen molar-refractivity contribution >= 4 is 11.9 Å². The molecule has 0 aliphatic carbocycles. The number of piperazine rings is 1. The van der Waals surface area contributed by atoms with Crippen LogP contribution < -0.4 is 4.90 Å². The normalized spacial score (nSPS) is 16.2. The number of hydrogen-bond acceptors (Lipinski definition) is 5. The monoisotopic (exact) mass is 360 g/mol. The molecule has 3 rings (SSSR count). The van der Waals surface area contributed by atoms with Gasteiger partial charge in [-0.2, -0.15) is 0 Å². The fraction of sp³-hybridized carbons (Fsp3) is 0.526. The number of nitrogens with zero attached hydrogens (tertiary/aromatic N) is 4. The number of rotatable bonds is 5. The molecule has 6 nitrogen and oxygen atoms in total. The van der Waals surface area contributed by atoms with Crippen molar-refractivity contribution < 1.29 is 13.6 Å². The smallest absolute Gasteiger partial charge is 0.318 e. The van der Waals surface area contributed by atoms with Gasteiger partial charge < -0.3 is 14.2 Å². The fourth-order valence-corrected chi connectivity index (χ4v) is 3.31. The Hall–Kier alpha value is -2.44. The molecule has 0 spiro atoms. The van der Waals surface area contributed by atoms with Crippen molar-refractivity contribution in [2.24, 2.45) is 5.92 Å². The van der Waals surface area contributed by atoms with Gasteiger partial charge in [-0.25, -0.2) is 4.39 Å². The van der Waals surface area contributed by atoms with Crippen LogP contribution in [0.3, 0.4) is 0 Å². The molecule has 0 radical (unpaired) electrons. The molecular formula is C19H25FN4O2. The van der Waals surface area contributed by atoms with E-state index in [-0.39, 0.29) is 23.6 Å². The summed E-state index contributed by atoms with van der Waals surface area (Å²) in [4.78, 5) is 17.0. The molecule has 26 heavy (non-hydrogen) atoms. The zero-order valence-electron chi connectivity index (χ0n) is 15.5. The van der Waals surface area contributed by atoms with Gasteiger partial charge in [-0.1, -0.05) is 38.0 Å². The van der Waals surface area contributed by atoms with Crippen LogP contribution in [-0.4, -0.2) is 47.2 Å². The number of benzene rings is 1. The van der Waals surface area contributed by atoms with E-state index in [1.54, 1.807) is 12.1 Å². The lowest BCUT2D eigenvalue weighted by Crippen LogP contribution is -2.50. The summed E-state index contributed by atoms with van der Waals surface area (Å²) in [6.07, 6.45) is 0.708. The zero-order valence-corrected chi connectivity index (χ0v) is 15.5. The van der Waals surface area contributed by atoms with Crippen molar-refractivity contribution in [2.45, 2.75) is 33.1 Å². The summed E-state index contributed by atoms with van der Waals surface area (Å²) in [7, 11) is 0. The van der Waals surface area contributed by atoms with Crippen molar-refractivity contribution in [1.29, 1.82) is 0 Å². The summed E-state index contributed by atoms with van der Waals surface area (Å²) < 4.78 is 18.8. The lowest BCUT2D eigenvalue weighted by molar-refractivity contribution is -0.134. The van der Waals surface area contributed by atoms with Crippen LogP contribution in [0.4, 0.5) is 10.4 Å². The van der Waals surface area contributed by atoms with E-state index in [0.717, 1.165) is 5.56 Å². The minimum Gasteiger partial charge on any atom is -0.408 e. The number of halogens is 1. The van der Waals surface area contributed by atoms with Crippen LogP contribution in [0.1, 0.15) is 38.1 Å². The molecule has 0 saturated carbocycles. The number of hydrogen-bond donors (Lipinski definition) is 0. The molecule has 1 fully saturated rings. The third-order valence-corrected chi connectivity index (χ3v) is 4.78. The number of amides is 1. The summed E-state index contributed by atoms with van der Waals surface area (Å²) in [5.74, 6) is 0.287. The molecule has 1 unspecified atom stereocenters. The van der Waals surface area contributed by atoms with E-state index in [1.165, 1.54) is 12.1 Å². The van der Waals surface area contributed by atoms with Gasteiger partial charge in [-0.15, -0.1) is 5.10 Å². The average molecular weight is 360 g/mol. The molecule has 7 heteroatoms. The standard InChI is InChI=1S/C19H25FN4O2/c1-4-16-21-22-19(26-16)24-11-9-23(10-12-24)18(25)17(13(2)3)14-5-7-15(20)8-6-14/h5-8,13,17H,4,9-12H2,1-3H3. The van der Waals surface area contributed by atoms with Crippen molar-refractivity contribution in [1.82, 2.24) is 15.1 Å². The van der Waals surface area contributed by atoms with Crippen LogP contribution in [-0.2, 0) is 11.2 Å². The number of aromatic nitrogens is 2. The van der Waals surface area contributed by atoms with E-state index in [2.05, 4.69) is 10.2 Å². The molecular weight excluding hydrogens is 335 g/mol. The van der Waals surface area contributed by atoms with Crippen LogP contribution in [0.15, 0.2) is 28.7 Å². The molecule has 1 aliphatic rings. The van der Waals surface area contributed by atoms with Gasteiger partial charge in [-0.05, 0) is 23.6 Å². The zero-order chi connectivity index (χ0) is 18.7. The third-order valence-electron chi connectivity index (χ3n) is 4.78. The van der Waals surface area contributed by atoms with Gasteiger partial charge in [0.25, 0.3) is 0 Å². The Morgan fingerprint density at radius 3 is 2.35 bits per heavy atom. The lowest BCUT2D eigenvalue weighted by atomic mass is 9.87. The quantitative estimate of drug-likeness (QED) is 0.820. The highest BCUT2D eigenvalue weighted by atomic mass is 19.1. The molecule has 1 aromatic heterocycles. The number of carbonyl (C=O) groups is 1. The van der Waals surface area contributed by atoms with Gasteiger partial charge in [0.15, 0.2) is 0 Å². The van der Waals surface area contributed by atoms with E-state index < -0.39 is 0 Å². The van der Waals surface area contributed by atoms with E-state index in [0.29, 0.717) is 44.5 Å². The van der Waals surface area contributed by atoms with Gasteiger partial charge >= 0.3 is 6.01 Å². The maximum Gasteiger partial charge on any atom is 0.318 e. The van der Waals surface area contributed by atoms with Crippen molar-refractivity contribution in [3.05, 3.63) is 41.5 Å². The van der Waals surface area contributed by atoms with Gasteiger partial charge in [-0.3, -0.25) is 4.79 Å². The minimum absolute atomic E-state index is 0.0889. The van der Waals surface area contributed by atoms with Crippen LogP contribution in [0.5, 0.6) is 0 Å². The topological polar surface area (TPSA) is 62.5 Å². The molecule has 2 heterocycles. The van der Waals surface area contributed by atoms with E-state index in [4.69, 9.17) is 4.42 Å². The average Bonchev–Trinajstić information content (AvgIpc) is 3.12. The largest absolute Gasteiger partial charge is 0.408 e. The van der Waals surface area contributed by atoms with E-state index in [9.17, 15) is 9.18 Å². The SMILES string of the molecule is CCc1nnc(N2CCN(C(=O)C(c3ccc(F)cc3)C(C)C)CC2)o1. The molecule has 1 saturated heterocycles. The Kier molecular flexibility index (Phi) is 5.54. The molecule has 140 valence electrons. The van der Waals surface area contributed by atoms with Gasteiger partial charge in [0, 0.05) is 32.6 Å². The molecule has 1 amide bonds. The third kappa shape index (κ3) is 3.86. The lowest BCUT2D eigenvalue weighted by Gasteiger charge is -2.36. The maximum atomic E-state index is 13.2. The van der Waals surface area contributed by atoms with Crippen LogP contribution in [0.2, 0.25) is 0 Å². The highest BCUT2D eigenvalue weighted by Gasteiger charge is 2.31. The van der Waals surface area contributed by atoms with Gasteiger partial charge in [0.2, 0.25) is 11.8 Å². The Morgan fingerprint density at radius 1 is 1.15 bits per heavy atom. The maximum absolute atomic E-state index is 13.2. The first-order valence-corrected chi connectivity index (χ1v) is 9.11. The first-order valence-electron chi connectivity index (χ1n) is 9.11. The summed E-state index contributed by atoms with van der Waals surface area (Å²) >= 11 is 0. The second-order valence-electron chi connectivity index (χ2n) is 6.92. The predicted octanol–water partition coefficient (Wildman–Crippen LogP) is 2.86. The Balaban J connectivity index is 1.67. The second kappa shape index (κ2) is 7.85. The van der Waals surface area contributed by atoms with Crippen LogP contribution >= 0.6 is 0 Å². The molecule has 1 aromatic carbocycles. The number of carbonyl (C=O) groups excluding carboxylic acids is 1. The molecule has 1 aliphatic heterocycles. The summed E-state index contributed by atoms with van der Waals surface area (Å²) in [5, 5.41) is 8.06. The second-order valence-corrected chi connectivity index (χ2v) is 6.92. The van der Waals surface area contributed by atoms with E-state index >= 15 is 0 Å². The minimum atomic E-state index is -0.289. The highest BCUT2D eigenvalue weighted by Crippen LogP contribution is 2.28. The van der Waals surface area contributed by atoms with Crippen molar-refractivity contribution in [3.8, 4) is 0 Å². The molecule has 2 aromatic rings. The number of anilines is 1. The first kappa shape index (κ1) is 18.4. The molecule has 1 atom stereocenters. The van der Waals surface area contributed by atoms with E-state index in [1.807, 2.05) is 30.6 Å². The Labute approximate surface area is 153 Å². The van der Waals surface area contributed by atoms with Crippen molar-refractivity contribution in [2.75, 3.05) is 31.1 Å². The molecule has 0 bridgehead atoms. The fourth-order valence-electron chi connectivity index (χ4n) is 3.31. The van der Waals surface area contributed by atoms with Crippen molar-refractivity contribution in [3.63, 3.8) is 0 Å². The molecule has 0 N–H and O–H groups in total. The predicted molar refractivity (Wildman–Crippen MR) is 96.4 cm³/mol. The van der Waals surface area contributed by atoms with Gasteiger partial charge in [0.05, 0.1) is 5.92 Å². The first-order chi connectivity index (χ1) is 12.5. The Bertz CT molecular complexity index is 736. The van der Waals surface area contributed by atoms with Crippen LogP contribution in [0.25, 0.3) is 0 Å². The summed E-state index contributed by atoms with van der Waals surface area (Å²) in [5.41, 5.74) is 0.860.